The van der Waals surface area contributed by atoms with Crippen LogP contribution in [0, 0.1) is 17.4 Å². The number of carbonyl (C=O) groups excluding carboxylic acids is 1. The van der Waals surface area contributed by atoms with E-state index in [1.165, 1.54) is 23.1 Å². The van der Waals surface area contributed by atoms with Crippen LogP contribution in [0.2, 0.25) is 0 Å². The van der Waals surface area contributed by atoms with Crippen LogP contribution in [0.15, 0.2) is 29.1 Å². The summed E-state index contributed by atoms with van der Waals surface area (Å²) in [6.45, 7) is 5.78. The van der Waals surface area contributed by atoms with Gasteiger partial charge in [-0.25, -0.2) is 4.98 Å². The molecule has 0 bridgehead atoms. The number of thioether (sulfide) groups is 1. The molecule has 5 nitrogen and oxygen atoms in total. The summed E-state index contributed by atoms with van der Waals surface area (Å²) in [7, 11) is 0. The number of H-pyrrole nitrogens is 1. The Labute approximate surface area is 173 Å². The quantitative estimate of drug-likeness (QED) is 0.509. The predicted molar refractivity (Wildman–Crippen MR) is 118 cm³/mol. The van der Waals surface area contributed by atoms with Gasteiger partial charge >= 0.3 is 0 Å². The number of halogens is 1. The van der Waals surface area contributed by atoms with Crippen LogP contribution < -0.4 is 10.9 Å². The van der Waals surface area contributed by atoms with Gasteiger partial charge in [-0.2, -0.15) is 0 Å². The summed E-state index contributed by atoms with van der Waals surface area (Å²) in [4.78, 5) is 33.9. The number of benzene rings is 1. The minimum absolute atomic E-state index is 0.0672. The van der Waals surface area contributed by atoms with Gasteiger partial charge in [0.05, 0.1) is 16.4 Å². The van der Waals surface area contributed by atoms with Crippen molar-refractivity contribution in [2.45, 2.75) is 31.8 Å². The second-order valence-electron chi connectivity index (χ2n) is 5.93. The van der Waals surface area contributed by atoms with E-state index in [1.807, 2.05) is 45.0 Å². The van der Waals surface area contributed by atoms with Crippen molar-refractivity contribution in [3.05, 3.63) is 54.5 Å². The fourth-order valence-corrected chi connectivity index (χ4v) is 4.59. The standard InChI is InChI=1S/C18H18IN3O2S2/c1-9-10(2)26-18-15(9)17(24)21-14(22-18)8-25-11(3)16(23)20-13-6-4-12(19)5-7-13/h4-7,11H,8H2,1-3H3,(H,20,23)(H,21,22,24). The normalized spacial score (nSPS) is 12.3. The van der Waals surface area contributed by atoms with Crippen molar-refractivity contribution >= 4 is 67.5 Å². The Morgan fingerprint density at radius 3 is 2.73 bits per heavy atom. The number of nitrogens with one attached hydrogen (secondary N) is 2. The lowest BCUT2D eigenvalue weighted by molar-refractivity contribution is -0.115. The Morgan fingerprint density at radius 1 is 1.35 bits per heavy atom. The summed E-state index contributed by atoms with van der Waals surface area (Å²) >= 11 is 5.20. The molecule has 2 N–H and O–H groups in total. The number of aromatic amines is 1. The van der Waals surface area contributed by atoms with Gasteiger partial charge < -0.3 is 10.3 Å². The molecule has 136 valence electrons. The molecule has 2 heterocycles. The van der Waals surface area contributed by atoms with E-state index in [1.54, 1.807) is 0 Å². The van der Waals surface area contributed by atoms with Crippen LogP contribution in [0.1, 0.15) is 23.2 Å². The van der Waals surface area contributed by atoms with Gasteiger partial charge in [-0.3, -0.25) is 9.59 Å². The molecule has 2 aromatic heterocycles. The van der Waals surface area contributed by atoms with E-state index >= 15 is 0 Å². The number of nitrogens with zero attached hydrogens (tertiary/aromatic N) is 1. The van der Waals surface area contributed by atoms with Gasteiger partial charge in [0.15, 0.2) is 0 Å². The number of carbonyl (C=O) groups is 1. The maximum Gasteiger partial charge on any atom is 0.259 e. The van der Waals surface area contributed by atoms with Gasteiger partial charge in [0.2, 0.25) is 5.91 Å². The van der Waals surface area contributed by atoms with Crippen LogP contribution in [0.5, 0.6) is 0 Å². The lowest BCUT2D eigenvalue weighted by Crippen LogP contribution is -2.23. The first-order valence-corrected chi connectivity index (χ1v) is 11.0. The van der Waals surface area contributed by atoms with Crippen molar-refractivity contribution in [3.63, 3.8) is 0 Å². The third-order valence-corrected chi connectivity index (χ3v) is 7.01. The number of fused-ring (bicyclic) bond motifs is 1. The van der Waals surface area contributed by atoms with E-state index in [2.05, 4.69) is 37.9 Å². The molecule has 1 amide bonds. The number of anilines is 1. The Hall–Kier alpha value is -1.39. The average molecular weight is 499 g/mol. The summed E-state index contributed by atoms with van der Waals surface area (Å²) in [6.07, 6.45) is 0. The summed E-state index contributed by atoms with van der Waals surface area (Å²) in [5.74, 6) is 1.01. The molecule has 8 heteroatoms. The van der Waals surface area contributed by atoms with Crippen molar-refractivity contribution in [2.75, 3.05) is 5.32 Å². The lowest BCUT2D eigenvalue weighted by atomic mass is 10.2. The molecule has 0 fully saturated rings. The van der Waals surface area contributed by atoms with Crippen LogP contribution >= 0.6 is 45.7 Å². The second-order valence-corrected chi connectivity index (χ2v) is 9.70. The maximum absolute atomic E-state index is 12.3. The molecule has 1 aromatic carbocycles. The van der Waals surface area contributed by atoms with Gasteiger partial charge in [-0.1, -0.05) is 0 Å². The van der Waals surface area contributed by atoms with E-state index in [9.17, 15) is 9.59 Å². The number of amides is 1. The first kappa shape index (κ1) is 19.4. The topological polar surface area (TPSA) is 74.8 Å². The highest BCUT2D eigenvalue weighted by atomic mass is 127. The van der Waals surface area contributed by atoms with Crippen molar-refractivity contribution in [1.29, 1.82) is 0 Å². The van der Waals surface area contributed by atoms with Crippen LogP contribution in [0.3, 0.4) is 0 Å². The molecule has 0 saturated carbocycles. The zero-order valence-electron chi connectivity index (χ0n) is 14.6. The SMILES string of the molecule is Cc1sc2nc(CSC(C)C(=O)Nc3ccc(I)cc3)[nH]c(=O)c2c1C. The molecule has 0 aliphatic heterocycles. The number of aromatic nitrogens is 2. The molecule has 3 rings (SSSR count). The average Bonchev–Trinajstić information content (AvgIpc) is 2.89. The summed E-state index contributed by atoms with van der Waals surface area (Å²) in [5, 5.41) is 3.31. The lowest BCUT2D eigenvalue weighted by Gasteiger charge is -2.12. The van der Waals surface area contributed by atoms with E-state index in [0.29, 0.717) is 17.0 Å². The Morgan fingerprint density at radius 2 is 2.04 bits per heavy atom. The van der Waals surface area contributed by atoms with Gasteiger partial charge in [0, 0.05) is 14.1 Å². The first-order chi connectivity index (χ1) is 12.3. The van der Waals surface area contributed by atoms with Crippen LogP contribution in [0.25, 0.3) is 10.2 Å². The maximum atomic E-state index is 12.3. The summed E-state index contributed by atoms with van der Waals surface area (Å²) in [5.41, 5.74) is 1.66. The van der Waals surface area contributed by atoms with Gasteiger partial charge in [0.25, 0.3) is 5.56 Å². The highest BCUT2D eigenvalue weighted by Gasteiger charge is 2.16. The number of aryl methyl sites for hydroxylation is 2. The highest BCUT2D eigenvalue weighted by molar-refractivity contribution is 14.1. The van der Waals surface area contributed by atoms with Crippen molar-refractivity contribution in [2.24, 2.45) is 0 Å². The minimum Gasteiger partial charge on any atom is -0.325 e. The van der Waals surface area contributed by atoms with Crippen molar-refractivity contribution < 1.29 is 4.79 Å². The number of hydrogen-bond acceptors (Lipinski definition) is 5. The van der Waals surface area contributed by atoms with E-state index in [0.717, 1.165) is 24.5 Å². The van der Waals surface area contributed by atoms with Gasteiger partial charge in [-0.15, -0.1) is 23.1 Å². The Bertz CT molecular complexity index is 1010. The summed E-state index contributed by atoms with van der Waals surface area (Å²) < 4.78 is 1.12. The molecule has 0 aliphatic rings. The Balaban J connectivity index is 1.66. The molecule has 26 heavy (non-hydrogen) atoms. The smallest absolute Gasteiger partial charge is 0.259 e. The van der Waals surface area contributed by atoms with E-state index in [4.69, 9.17) is 0 Å². The first-order valence-electron chi connectivity index (χ1n) is 8.02. The van der Waals surface area contributed by atoms with Gasteiger partial charge in [-0.05, 0) is 73.2 Å². The van der Waals surface area contributed by atoms with Crippen LogP contribution in [-0.4, -0.2) is 21.1 Å². The van der Waals surface area contributed by atoms with Crippen LogP contribution in [0.4, 0.5) is 5.69 Å². The predicted octanol–water partition coefficient (Wildman–Crippen LogP) is 4.47. The molecule has 3 aromatic rings. The molecular weight excluding hydrogens is 481 g/mol. The molecule has 0 spiro atoms. The molecule has 1 atom stereocenters. The summed E-state index contributed by atoms with van der Waals surface area (Å²) in [6, 6.07) is 7.66. The fraction of sp³-hybridized carbons (Fsp3) is 0.278. The van der Waals surface area contributed by atoms with Crippen molar-refractivity contribution in [1.82, 2.24) is 9.97 Å². The second kappa shape index (κ2) is 8.10. The number of rotatable bonds is 5. The van der Waals surface area contributed by atoms with E-state index in [-0.39, 0.29) is 16.7 Å². The third-order valence-electron chi connectivity index (χ3n) is 4.04. The third kappa shape index (κ3) is 4.29. The fourth-order valence-electron chi connectivity index (χ4n) is 2.42. The van der Waals surface area contributed by atoms with Crippen LogP contribution in [-0.2, 0) is 10.5 Å². The zero-order chi connectivity index (χ0) is 18.8. The minimum atomic E-state index is -0.262. The molecule has 0 aliphatic carbocycles. The largest absolute Gasteiger partial charge is 0.325 e. The van der Waals surface area contributed by atoms with E-state index < -0.39 is 0 Å². The zero-order valence-corrected chi connectivity index (χ0v) is 18.3. The number of hydrogen-bond donors (Lipinski definition) is 2. The monoisotopic (exact) mass is 499 g/mol. The van der Waals surface area contributed by atoms with Crippen molar-refractivity contribution in [3.8, 4) is 0 Å². The molecule has 0 radical (unpaired) electrons. The molecular formula is C18H18IN3O2S2. The highest BCUT2D eigenvalue weighted by Crippen LogP contribution is 2.26. The molecule has 1 unspecified atom stereocenters. The van der Waals surface area contributed by atoms with Gasteiger partial charge in [0.1, 0.15) is 10.7 Å². The molecule has 0 saturated heterocycles. The Kier molecular flexibility index (Phi) is 6.03. The number of thiophene rings is 1.